The van der Waals surface area contributed by atoms with Gasteiger partial charge in [0.25, 0.3) is 0 Å². The highest BCUT2D eigenvalue weighted by atomic mass is 32.2. The molecule has 1 saturated carbocycles. The van der Waals surface area contributed by atoms with Crippen LogP contribution in [0.5, 0.6) is 0 Å². The van der Waals surface area contributed by atoms with Crippen LogP contribution in [0.2, 0.25) is 0 Å². The van der Waals surface area contributed by atoms with E-state index >= 15 is 0 Å². The van der Waals surface area contributed by atoms with Crippen molar-refractivity contribution in [3.05, 3.63) is 0 Å². The van der Waals surface area contributed by atoms with Gasteiger partial charge in [-0.1, -0.05) is 43.9 Å². The summed E-state index contributed by atoms with van der Waals surface area (Å²) < 4.78 is 0. The van der Waals surface area contributed by atoms with Crippen LogP contribution >= 0.6 is 11.8 Å². The van der Waals surface area contributed by atoms with Crippen molar-refractivity contribution in [2.75, 3.05) is 12.3 Å². The fourth-order valence-electron chi connectivity index (χ4n) is 3.25. The van der Waals surface area contributed by atoms with Crippen LogP contribution in [0.25, 0.3) is 0 Å². The van der Waals surface area contributed by atoms with Gasteiger partial charge in [0.1, 0.15) is 0 Å². The Morgan fingerprint density at radius 2 is 1.84 bits per heavy atom. The summed E-state index contributed by atoms with van der Waals surface area (Å²) in [4.78, 5) is 25.3. The van der Waals surface area contributed by atoms with Crippen LogP contribution in [0.4, 0.5) is 0 Å². The number of likely N-dealkylation sites (tertiary alicyclic amines) is 1. The van der Waals surface area contributed by atoms with Gasteiger partial charge in [-0.25, -0.2) is 0 Å². The molecule has 0 N–H and O–H groups in total. The molecule has 0 radical (unpaired) electrons. The van der Waals surface area contributed by atoms with Gasteiger partial charge < -0.3 is 4.90 Å². The van der Waals surface area contributed by atoms with Gasteiger partial charge in [-0.2, -0.15) is 0 Å². The maximum atomic E-state index is 12.2. The van der Waals surface area contributed by atoms with Gasteiger partial charge in [-0.05, 0) is 18.8 Å². The van der Waals surface area contributed by atoms with Crippen molar-refractivity contribution in [2.24, 2.45) is 5.92 Å². The fourth-order valence-corrected chi connectivity index (χ4v) is 3.95. The van der Waals surface area contributed by atoms with Crippen molar-refractivity contribution in [3.63, 3.8) is 0 Å². The topological polar surface area (TPSA) is 37.4 Å². The van der Waals surface area contributed by atoms with Gasteiger partial charge in [0.2, 0.25) is 5.91 Å². The van der Waals surface area contributed by atoms with E-state index in [9.17, 15) is 9.59 Å². The first-order chi connectivity index (χ1) is 9.16. The lowest BCUT2D eigenvalue weighted by Crippen LogP contribution is -2.37. The summed E-state index contributed by atoms with van der Waals surface area (Å²) in [6.07, 6.45) is 9.54. The summed E-state index contributed by atoms with van der Waals surface area (Å²) in [7, 11) is 0. The average molecular weight is 283 g/mol. The maximum Gasteiger partial charge on any atom is 0.223 e. The van der Waals surface area contributed by atoms with E-state index in [2.05, 4.69) is 4.90 Å². The number of rotatable bonds is 3. The first-order valence-electron chi connectivity index (χ1n) is 7.59. The van der Waals surface area contributed by atoms with Gasteiger partial charge in [0, 0.05) is 31.7 Å². The Hall–Kier alpha value is -0.510. The minimum atomic E-state index is 0.164. The minimum Gasteiger partial charge on any atom is -0.339 e. The molecule has 4 heteroatoms. The summed E-state index contributed by atoms with van der Waals surface area (Å²) in [6, 6.07) is 0.472. The Balaban J connectivity index is 1.85. The molecular weight excluding hydrogens is 258 g/mol. The molecule has 3 nitrogen and oxygen atoms in total. The molecule has 1 unspecified atom stereocenters. The molecule has 0 aromatic rings. The number of carbonyl (C=O) groups is 2. The lowest BCUT2D eigenvalue weighted by molar-refractivity contribution is -0.130. The van der Waals surface area contributed by atoms with Crippen LogP contribution in [0.15, 0.2) is 0 Å². The van der Waals surface area contributed by atoms with Gasteiger partial charge in [0.05, 0.1) is 0 Å². The Kier molecular flexibility index (Phi) is 5.74. The first kappa shape index (κ1) is 14.9. The standard InChI is InChI=1S/C15H25NO2S/c1-12(17)19-11-13-9-15(18)16(10-13)14-7-5-3-2-4-6-8-14/h13-14H,2-11H2,1H3. The third-order valence-corrected chi connectivity index (χ3v) is 5.32. The zero-order valence-electron chi connectivity index (χ0n) is 11.9. The molecule has 2 rings (SSSR count). The SMILES string of the molecule is CC(=O)SCC1CC(=O)N(C2CCCCCCC2)C1. The summed E-state index contributed by atoms with van der Waals surface area (Å²) in [6.45, 7) is 2.48. The van der Waals surface area contributed by atoms with Gasteiger partial charge in [-0.3, -0.25) is 9.59 Å². The van der Waals surface area contributed by atoms with Crippen LogP contribution in [-0.2, 0) is 9.59 Å². The highest BCUT2D eigenvalue weighted by Gasteiger charge is 2.34. The number of carbonyl (C=O) groups excluding carboxylic acids is 2. The smallest absolute Gasteiger partial charge is 0.223 e. The average Bonchev–Trinajstić information content (AvgIpc) is 2.68. The molecule has 1 aliphatic heterocycles. The second kappa shape index (κ2) is 7.32. The summed E-state index contributed by atoms with van der Waals surface area (Å²) >= 11 is 1.37. The molecule has 1 amide bonds. The van der Waals surface area contributed by atoms with Crippen molar-refractivity contribution in [2.45, 2.75) is 64.3 Å². The van der Waals surface area contributed by atoms with Crippen LogP contribution in [0.3, 0.4) is 0 Å². The molecule has 2 aliphatic rings. The van der Waals surface area contributed by atoms with E-state index in [0.717, 1.165) is 12.3 Å². The van der Waals surface area contributed by atoms with E-state index < -0.39 is 0 Å². The molecule has 1 aliphatic carbocycles. The number of nitrogens with zero attached hydrogens (tertiary/aromatic N) is 1. The summed E-state index contributed by atoms with van der Waals surface area (Å²) in [5.41, 5.74) is 0. The second-order valence-electron chi connectivity index (χ2n) is 5.92. The Morgan fingerprint density at radius 1 is 1.21 bits per heavy atom. The highest BCUT2D eigenvalue weighted by molar-refractivity contribution is 8.13. The van der Waals surface area contributed by atoms with E-state index in [1.165, 1.54) is 56.7 Å². The van der Waals surface area contributed by atoms with E-state index in [1.54, 1.807) is 6.92 Å². The van der Waals surface area contributed by atoms with Crippen LogP contribution < -0.4 is 0 Å². The minimum absolute atomic E-state index is 0.164. The molecule has 108 valence electrons. The number of amides is 1. The highest BCUT2D eigenvalue weighted by Crippen LogP contribution is 2.29. The molecule has 1 saturated heterocycles. The molecule has 19 heavy (non-hydrogen) atoms. The molecule has 0 aromatic carbocycles. The molecule has 0 bridgehead atoms. The van der Waals surface area contributed by atoms with Crippen molar-refractivity contribution in [1.82, 2.24) is 4.90 Å². The van der Waals surface area contributed by atoms with Gasteiger partial charge >= 0.3 is 0 Å². The van der Waals surface area contributed by atoms with Crippen molar-refractivity contribution >= 4 is 22.8 Å². The Labute approximate surface area is 120 Å². The predicted octanol–water partition coefficient (Wildman–Crippen LogP) is 3.23. The van der Waals surface area contributed by atoms with Crippen molar-refractivity contribution < 1.29 is 9.59 Å². The van der Waals surface area contributed by atoms with E-state index in [1.807, 2.05) is 0 Å². The molecular formula is C15H25NO2S. The molecule has 1 atom stereocenters. The van der Waals surface area contributed by atoms with Crippen molar-refractivity contribution in [1.29, 1.82) is 0 Å². The monoisotopic (exact) mass is 283 g/mol. The summed E-state index contributed by atoms with van der Waals surface area (Å²) in [5, 5.41) is 0.164. The molecule has 2 fully saturated rings. The van der Waals surface area contributed by atoms with Gasteiger partial charge in [-0.15, -0.1) is 0 Å². The second-order valence-corrected chi connectivity index (χ2v) is 7.11. The Bertz CT molecular complexity index is 324. The third kappa shape index (κ3) is 4.51. The lowest BCUT2D eigenvalue weighted by Gasteiger charge is -2.29. The largest absolute Gasteiger partial charge is 0.339 e. The normalized spacial score (nSPS) is 26.3. The van der Waals surface area contributed by atoms with Crippen molar-refractivity contribution in [3.8, 4) is 0 Å². The van der Waals surface area contributed by atoms with Crippen LogP contribution in [-0.4, -0.2) is 34.3 Å². The fraction of sp³-hybridized carbons (Fsp3) is 0.867. The lowest BCUT2D eigenvalue weighted by atomic mass is 9.96. The predicted molar refractivity (Wildman–Crippen MR) is 79.1 cm³/mol. The summed E-state index contributed by atoms with van der Waals surface area (Å²) in [5.74, 6) is 1.51. The zero-order chi connectivity index (χ0) is 13.7. The van der Waals surface area contributed by atoms with Crippen LogP contribution in [0.1, 0.15) is 58.3 Å². The zero-order valence-corrected chi connectivity index (χ0v) is 12.7. The quantitative estimate of drug-likeness (QED) is 0.798. The molecule has 0 spiro atoms. The number of hydrogen-bond donors (Lipinski definition) is 0. The van der Waals surface area contributed by atoms with Crippen LogP contribution in [0, 0.1) is 5.92 Å². The van der Waals surface area contributed by atoms with E-state index in [0.29, 0.717) is 24.3 Å². The number of hydrogen-bond acceptors (Lipinski definition) is 3. The molecule has 1 heterocycles. The maximum absolute atomic E-state index is 12.2. The Morgan fingerprint density at radius 3 is 2.47 bits per heavy atom. The first-order valence-corrected chi connectivity index (χ1v) is 8.58. The van der Waals surface area contributed by atoms with E-state index in [-0.39, 0.29) is 5.12 Å². The third-order valence-electron chi connectivity index (χ3n) is 4.28. The number of thioether (sulfide) groups is 1. The van der Waals surface area contributed by atoms with Gasteiger partial charge in [0.15, 0.2) is 5.12 Å². The van der Waals surface area contributed by atoms with E-state index in [4.69, 9.17) is 0 Å². The molecule has 0 aromatic heterocycles.